The van der Waals surface area contributed by atoms with Crippen molar-refractivity contribution in [2.75, 3.05) is 23.0 Å². The van der Waals surface area contributed by atoms with Crippen molar-refractivity contribution in [2.24, 2.45) is 0 Å². The summed E-state index contributed by atoms with van der Waals surface area (Å²) < 4.78 is 1.83. The summed E-state index contributed by atoms with van der Waals surface area (Å²) in [6.07, 6.45) is 3.32. The molecule has 1 aliphatic heterocycles. The maximum absolute atomic E-state index is 4.23. The molecule has 4 nitrogen and oxygen atoms in total. The molecule has 1 aromatic carbocycles. The molecule has 6 heteroatoms. The van der Waals surface area contributed by atoms with Gasteiger partial charge in [-0.3, -0.25) is 0 Å². The van der Waals surface area contributed by atoms with Gasteiger partial charge in [-0.2, -0.15) is 28.6 Å². The zero-order chi connectivity index (χ0) is 13.6. The minimum atomic E-state index is 0.594. The van der Waals surface area contributed by atoms with Crippen LogP contribution in [0.4, 0.5) is 0 Å². The monoisotopic (exact) mass is 306 g/mol. The van der Waals surface area contributed by atoms with E-state index in [-0.39, 0.29) is 0 Å². The molecule has 0 atom stereocenters. The number of nitrogens with zero attached hydrogens (tertiary/aromatic N) is 3. The molecule has 0 amide bonds. The summed E-state index contributed by atoms with van der Waals surface area (Å²) in [6.45, 7) is 0.877. The maximum Gasteiger partial charge on any atom is 0.138 e. The quantitative estimate of drug-likeness (QED) is 0.938. The van der Waals surface area contributed by atoms with Gasteiger partial charge < -0.3 is 5.32 Å². The van der Waals surface area contributed by atoms with Crippen LogP contribution in [-0.4, -0.2) is 43.8 Å². The van der Waals surface area contributed by atoms with E-state index in [0.717, 1.165) is 12.2 Å². The minimum absolute atomic E-state index is 0.594. The predicted molar refractivity (Wildman–Crippen MR) is 86.6 cm³/mol. The average molecular weight is 306 g/mol. The molecule has 1 N–H and O–H groups in total. The number of thioether (sulfide) groups is 2. The van der Waals surface area contributed by atoms with Crippen LogP contribution in [0, 0.1) is 0 Å². The summed E-state index contributed by atoms with van der Waals surface area (Å²) in [5.74, 6) is 4.97. The van der Waals surface area contributed by atoms with E-state index in [1.54, 1.807) is 12.7 Å². The number of para-hydroxylation sites is 1. The maximum atomic E-state index is 4.23. The molecule has 1 aliphatic rings. The van der Waals surface area contributed by atoms with Crippen LogP contribution in [-0.2, 0) is 6.54 Å². The zero-order valence-electron chi connectivity index (χ0n) is 11.2. The average Bonchev–Trinajstić information content (AvgIpc) is 2.89. The summed E-state index contributed by atoms with van der Waals surface area (Å²) in [6, 6.07) is 8.95. The van der Waals surface area contributed by atoms with Crippen molar-refractivity contribution in [2.45, 2.75) is 12.6 Å². The Bertz CT molecular complexity index is 522. The van der Waals surface area contributed by atoms with E-state index in [1.807, 2.05) is 10.7 Å². The Hall–Kier alpha value is -0.980. The van der Waals surface area contributed by atoms with Gasteiger partial charge in [-0.05, 0) is 11.6 Å². The van der Waals surface area contributed by atoms with Crippen molar-refractivity contribution in [3.05, 3.63) is 42.5 Å². The molecular formula is C14H18N4S2. The highest BCUT2D eigenvalue weighted by molar-refractivity contribution is 8.03. The second kappa shape index (κ2) is 7.15. The third kappa shape index (κ3) is 3.56. The van der Waals surface area contributed by atoms with Crippen molar-refractivity contribution >= 4 is 23.5 Å². The Labute approximate surface area is 127 Å². The molecule has 0 unspecified atom stereocenters. The van der Waals surface area contributed by atoms with E-state index in [0.29, 0.717) is 6.04 Å². The first-order chi connectivity index (χ1) is 9.93. The normalized spacial score (nSPS) is 17.0. The Balaban J connectivity index is 1.68. The predicted octanol–water partition coefficient (Wildman–Crippen LogP) is 2.21. The van der Waals surface area contributed by atoms with Crippen molar-refractivity contribution < 1.29 is 0 Å². The first-order valence-corrected chi connectivity index (χ1v) is 9.06. The standard InChI is InChI=1S/C14H18N4S2/c1-2-4-14(18-11-15-10-17-18)12(3-1)7-16-13-8-19-5-6-20-9-13/h1-4,10-11,13,16H,5-9H2. The molecule has 20 heavy (non-hydrogen) atoms. The smallest absolute Gasteiger partial charge is 0.138 e. The van der Waals surface area contributed by atoms with Crippen LogP contribution in [0.15, 0.2) is 36.9 Å². The van der Waals surface area contributed by atoms with Crippen molar-refractivity contribution in [3.8, 4) is 5.69 Å². The lowest BCUT2D eigenvalue weighted by Gasteiger charge is -2.17. The molecule has 0 bridgehead atoms. The summed E-state index contributed by atoms with van der Waals surface area (Å²) in [7, 11) is 0. The van der Waals surface area contributed by atoms with Crippen LogP contribution >= 0.6 is 23.5 Å². The fourth-order valence-electron chi connectivity index (χ4n) is 2.21. The van der Waals surface area contributed by atoms with Crippen LogP contribution in [0.2, 0.25) is 0 Å². The molecule has 106 valence electrons. The fraction of sp³-hybridized carbons (Fsp3) is 0.429. The van der Waals surface area contributed by atoms with E-state index >= 15 is 0 Å². The highest BCUT2D eigenvalue weighted by atomic mass is 32.2. The van der Waals surface area contributed by atoms with E-state index in [9.17, 15) is 0 Å². The van der Waals surface area contributed by atoms with Crippen molar-refractivity contribution in [1.82, 2.24) is 20.1 Å². The summed E-state index contributed by atoms with van der Waals surface area (Å²) in [4.78, 5) is 4.03. The van der Waals surface area contributed by atoms with E-state index in [4.69, 9.17) is 0 Å². The van der Waals surface area contributed by atoms with E-state index in [1.165, 1.54) is 28.6 Å². The lowest BCUT2D eigenvalue weighted by atomic mass is 10.1. The zero-order valence-corrected chi connectivity index (χ0v) is 12.9. The molecular weight excluding hydrogens is 288 g/mol. The van der Waals surface area contributed by atoms with Gasteiger partial charge in [-0.1, -0.05) is 18.2 Å². The van der Waals surface area contributed by atoms with Crippen molar-refractivity contribution in [1.29, 1.82) is 0 Å². The van der Waals surface area contributed by atoms with Gasteiger partial charge in [0.25, 0.3) is 0 Å². The van der Waals surface area contributed by atoms with Gasteiger partial charge in [-0.15, -0.1) is 0 Å². The van der Waals surface area contributed by atoms with Crippen molar-refractivity contribution in [3.63, 3.8) is 0 Å². The molecule has 0 saturated carbocycles. The lowest BCUT2D eigenvalue weighted by molar-refractivity contribution is 0.601. The van der Waals surface area contributed by atoms with E-state index in [2.05, 4.69) is 57.1 Å². The number of hydrogen-bond acceptors (Lipinski definition) is 5. The van der Waals surface area contributed by atoms with Gasteiger partial charge in [0.05, 0.1) is 5.69 Å². The Morgan fingerprint density at radius 3 is 2.75 bits per heavy atom. The lowest BCUT2D eigenvalue weighted by Crippen LogP contribution is -2.33. The third-order valence-electron chi connectivity index (χ3n) is 3.25. The first kappa shape index (κ1) is 14.0. The molecule has 0 radical (unpaired) electrons. The first-order valence-electron chi connectivity index (χ1n) is 6.75. The largest absolute Gasteiger partial charge is 0.308 e. The van der Waals surface area contributed by atoms with Gasteiger partial charge in [-0.25, -0.2) is 9.67 Å². The van der Waals surface area contributed by atoms with Gasteiger partial charge in [0.1, 0.15) is 12.7 Å². The molecule has 3 rings (SSSR count). The topological polar surface area (TPSA) is 42.7 Å². The van der Waals surface area contributed by atoms with Crippen LogP contribution < -0.4 is 5.32 Å². The Morgan fingerprint density at radius 1 is 1.20 bits per heavy atom. The number of rotatable bonds is 4. The minimum Gasteiger partial charge on any atom is -0.308 e. The fourth-order valence-corrected chi connectivity index (χ4v) is 4.67. The molecule has 1 fully saturated rings. The highest BCUT2D eigenvalue weighted by Crippen LogP contribution is 2.18. The molecule has 1 aromatic heterocycles. The van der Waals surface area contributed by atoms with Gasteiger partial charge in [0.2, 0.25) is 0 Å². The summed E-state index contributed by atoms with van der Waals surface area (Å²) in [5.41, 5.74) is 2.36. The van der Waals surface area contributed by atoms with Crippen LogP contribution in [0.25, 0.3) is 5.69 Å². The molecule has 0 aliphatic carbocycles. The number of hydrogen-bond donors (Lipinski definition) is 1. The summed E-state index contributed by atoms with van der Waals surface area (Å²) >= 11 is 4.10. The van der Waals surface area contributed by atoms with Crippen LogP contribution in [0.3, 0.4) is 0 Å². The van der Waals surface area contributed by atoms with Gasteiger partial charge in [0.15, 0.2) is 0 Å². The third-order valence-corrected chi connectivity index (χ3v) is 5.77. The SMILES string of the molecule is c1ccc(-n2cncn2)c(CNC2CSCCSC2)c1. The second-order valence-electron chi connectivity index (χ2n) is 4.70. The number of aromatic nitrogens is 3. The van der Waals surface area contributed by atoms with Gasteiger partial charge in [0, 0.05) is 35.6 Å². The molecule has 2 heterocycles. The van der Waals surface area contributed by atoms with Gasteiger partial charge >= 0.3 is 0 Å². The van der Waals surface area contributed by atoms with Crippen LogP contribution in [0.1, 0.15) is 5.56 Å². The molecule has 2 aromatic rings. The molecule has 1 saturated heterocycles. The Kier molecular flexibility index (Phi) is 5.00. The Morgan fingerprint density at radius 2 is 2.00 bits per heavy atom. The second-order valence-corrected chi connectivity index (χ2v) is 7.00. The van der Waals surface area contributed by atoms with E-state index < -0.39 is 0 Å². The van der Waals surface area contributed by atoms with Crippen LogP contribution in [0.5, 0.6) is 0 Å². The summed E-state index contributed by atoms with van der Waals surface area (Å²) in [5, 5.41) is 7.90. The number of nitrogens with one attached hydrogen (secondary N) is 1. The molecule has 0 spiro atoms. The number of benzene rings is 1. The highest BCUT2D eigenvalue weighted by Gasteiger charge is 2.13.